The summed E-state index contributed by atoms with van der Waals surface area (Å²) >= 11 is 0. The number of hydrogen-bond acceptors (Lipinski definition) is 2. The molecule has 5 nitrogen and oxygen atoms in total. The minimum atomic E-state index is -0.272. The SMILES string of the molecule is CC(C)c1ccc(NC(=O)NCCC(=O)N2CCCC2)cc1. The van der Waals surface area contributed by atoms with Gasteiger partial charge < -0.3 is 15.5 Å². The molecule has 1 fully saturated rings. The Bertz CT molecular complexity index is 505. The van der Waals surface area contributed by atoms with E-state index in [0.717, 1.165) is 31.6 Å². The molecule has 1 aliphatic heterocycles. The summed E-state index contributed by atoms with van der Waals surface area (Å²) in [6.45, 7) is 6.34. The molecule has 1 aromatic carbocycles. The van der Waals surface area contributed by atoms with Crippen molar-refractivity contribution >= 4 is 17.6 Å². The van der Waals surface area contributed by atoms with Crippen molar-refractivity contribution in [2.24, 2.45) is 0 Å². The third-order valence-corrected chi connectivity index (χ3v) is 3.92. The summed E-state index contributed by atoms with van der Waals surface area (Å²) in [7, 11) is 0. The minimum absolute atomic E-state index is 0.124. The second-order valence-corrected chi connectivity index (χ2v) is 6.00. The monoisotopic (exact) mass is 303 g/mol. The number of nitrogens with one attached hydrogen (secondary N) is 2. The lowest BCUT2D eigenvalue weighted by Crippen LogP contribution is -2.34. The van der Waals surface area contributed by atoms with Crippen LogP contribution >= 0.6 is 0 Å². The van der Waals surface area contributed by atoms with Crippen LogP contribution in [0.15, 0.2) is 24.3 Å². The number of urea groups is 1. The molecule has 1 aliphatic rings. The molecule has 2 N–H and O–H groups in total. The fourth-order valence-electron chi connectivity index (χ4n) is 2.53. The molecular formula is C17H25N3O2. The summed E-state index contributed by atoms with van der Waals surface area (Å²) in [6, 6.07) is 7.54. The molecule has 1 aromatic rings. The molecule has 0 saturated carbocycles. The third-order valence-electron chi connectivity index (χ3n) is 3.92. The number of carbonyl (C=O) groups is 2. The number of anilines is 1. The van der Waals surface area contributed by atoms with E-state index >= 15 is 0 Å². The van der Waals surface area contributed by atoms with Gasteiger partial charge in [-0.1, -0.05) is 26.0 Å². The Morgan fingerprint density at radius 2 is 1.77 bits per heavy atom. The van der Waals surface area contributed by atoms with Crippen LogP contribution in [-0.4, -0.2) is 36.5 Å². The Balaban J connectivity index is 1.70. The van der Waals surface area contributed by atoms with Gasteiger partial charge in [-0.05, 0) is 36.5 Å². The van der Waals surface area contributed by atoms with Crippen molar-refractivity contribution in [2.75, 3.05) is 25.0 Å². The normalized spacial score (nSPS) is 14.2. The van der Waals surface area contributed by atoms with Crippen molar-refractivity contribution in [2.45, 2.75) is 39.0 Å². The van der Waals surface area contributed by atoms with E-state index in [1.54, 1.807) is 0 Å². The van der Waals surface area contributed by atoms with E-state index in [1.807, 2.05) is 29.2 Å². The maximum absolute atomic E-state index is 11.8. The topological polar surface area (TPSA) is 61.4 Å². The van der Waals surface area contributed by atoms with Crippen LogP contribution in [0.2, 0.25) is 0 Å². The number of benzene rings is 1. The van der Waals surface area contributed by atoms with Gasteiger partial charge in [0.2, 0.25) is 5.91 Å². The quantitative estimate of drug-likeness (QED) is 0.878. The van der Waals surface area contributed by atoms with Gasteiger partial charge in [-0.3, -0.25) is 4.79 Å². The lowest BCUT2D eigenvalue weighted by molar-refractivity contribution is -0.129. The fourth-order valence-corrected chi connectivity index (χ4v) is 2.53. The van der Waals surface area contributed by atoms with Gasteiger partial charge >= 0.3 is 6.03 Å². The van der Waals surface area contributed by atoms with Crippen LogP contribution in [0.4, 0.5) is 10.5 Å². The van der Waals surface area contributed by atoms with Crippen molar-refractivity contribution in [3.05, 3.63) is 29.8 Å². The van der Waals surface area contributed by atoms with Gasteiger partial charge in [-0.2, -0.15) is 0 Å². The molecule has 3 amide bonds. The zero-order chi connectivity index (χ0) is 15.9. The van der Waals surface area contributed by atoms with Crippen LogP contribution in [-0.2, 0) is 4.79 Å². The van der Waals surface area contributed by atoms with E-state index in [-0.39, 0.29) is 11.9 Å². The summed E-state index contributed by atoms with van der Waals surface area (Å²) in [4.78, 5) is 25.5. The maximum Gasteiger partial charge on any atom is 0.319 e. The largest absolute Gasteiger partial charge is 0.343 e. The van der Waals surface area contributed by atoms with Gasteiger partial charge in [0.05, 0.1) is 0 Å². The van der Waals surface area contributed by atoms with Crippen LogP contribution in [0.25, 0.3) is 0 Å². The summed E-state index contributed by atoms with van der Waals surface area (Å²) in [6.07, 6.45) is 2.54. The average molecular weight is 303 g/mol. The Labute approximate surface area is 132 Å². The highest BCUT2D eigenvalue weighted by atomic mass is 16.2. The standard InChI is InChI=1S/C17H25N3O2/c1-13(2)14-5-7-15(8-6-14)19-17(22)18-10-9-16(21)20-11-3-4-12-20/h5-8,13H,3-4,9-12H2,1-2H3,(H2,18,19,22). The zero-order valence-corrected chi connectivity index (χ0v) is 13.4. The zero-order valence-electron chi connectivity index (χ0n) is 13.4. The van der Waals surface area contributed by atoms with E-state index in [4.69, 9.17) is 0 Å². The molecule has 0 bridgehead atoms. The van der Waals surface area contributed by atoms with E-state index in [0.29, 0.717) is 18.9 Å². The Morgan fingerprint density at radius 3 is 2.36 bits per heavy atom. The van der Waals surface area contributed by atoms with Gasteiger partial charge in [0.25, 0.3) is 0 Å². The first-order valence-corrected chi connectivity index (χ1v) is 7.99. The highest BCUT2D eigenvalue weighted by Gasteiger charge is 2.17. The molecule has 2 rings (SSSR count). The van der Waals surface area contributed by atoms with E-state index in [2.05, 4.69) is 24.5 Å². The second-order valence-electron chi connectivity index (χ2n) is 6.00. The number of amides is 3. The van der Waals surface area contributed by atoms with Crippen molar-refractivity contribution in [3.63, 3.8) is 0 Å². The molecule has 0 radical (unpaired) electrons. The van der Waals surface area contributed by atoms with Crippen LogP contribution in [0.1, 0.15) is 44.6 Å². The van der Waals surface area contributed by atoms with Crippen LogP contribution < -0.4 is 10.6 Å². The molecule has 0 spiro atoms. The molecule has 0 unspecified atom stereocenters. The van der Waals surface area contributed by atoms with Crippen molar-refractivity contribution in [3.8, 4) is 0 Å². The third kappa shape index (κ3) is 4.76. The highest BCUT2D eigenvalue weighted by molar-refractivity contribution is 5.89. The minimum Gasteiger partial charge on any atom is -0.343 e. The van der Waals surface area contributed by atoms with Crippen LogP contribution in [0.5, 0.6) is 0 Å². The first-order valence-electron chi connectivity index (χ1n) is 7.99. The van der Waals surface area contributed by atoms with Crippen molar-refractivity contribution in [1.82, 2.24) is 10.2 Å². The van der Waals surface area contributed by atoms with Gasteiger partial charge in [0.1, 0.15) is 0 Å². The number of likely N-dealkylation sites (tertiary alicyclic amines) is 1. The van der Waals surface area contributed by atoms with Crippen molar-refractivity contribution in [1.29, 1.82) is 0 Å². The van der Waals surface area contributed by atoms with Gasteiger partial charge in [-0.25, -0.2) is 4.79 Å². The van der Waals surface area contributed by atoms with Gasteiger partial charge in [-0.15, -0.1) is 0 Å². The predicted octanol–water partition coefficient (Wildman–Crippen LogP) is 2.94. The number of rotatable bonds is 5. The number of hydrogen-bond donors (Lipinski definition) is 2. The summed E-state index contributed by atoms with van der Waals surface area (Å²) in [5.41, 5.74) is 2.00. The lowest BCUT2D eigenvalue weighted by Gasteiger charge is -2.15. The lowest BCUT2D eigenvalue weighted by atomic mass is 10.0. The fraction of sp³-hybridized carbons (Fsp3) is 0.529. The van der Waals surface area contributed by atoms with Gasteiger partial charge in [0.15, 0.2) is 0 Å². The summed E-state index contributed by atoms with van der Waals surface area (Å²) in [5.74, 6) is 0.596. The molecule has 1 heterocycles. The van der Waals surface area contributed by atoms with E-state index < -0.39 is 0 Å². The Hall–Kier alpha value is -2.04. The van der Waals surface area contributed by atoms with Gasteiger partial charge in [0, 0.05) is 31.7 Å². The average Bonchev–Trinajstić information content (AvgIpc) is 3.02. The molecule has 22 heavy (non-hydrogen) atoms. The molecule has 1 saturated heterocycles. The highest BCUT2D eigenvalue weighted by Crippen LogP contribution is 2.17. The molecular weight excluding hydrogens is 278 g/mol. The van der Waals surface area contributed by atoms with Crippen LogP contribution in [0.3, 0.4) is 0 Å². The van der Waals surface area contributed by atoms with Crippen molar-refractivity contribution < 1.29 is 9.59 Å². The molecule has 0 aliphatic carbocycles. The smallest absolute Gasteiger partial charge is 0.319 e. The summed E-state index contributed by atoms with van der Waals surface area (Å²) in [5, 5.41) is 5.50. The van der Waals surface area contributed by atoms with E-state index in [9.17, 15) is 9.59 Å². The Kier molecular flexibility index (Phi) is 5.81. The number of carbonyl (C=O) groups excluding carboxylic acids is 2. The maximum atomic E-state index is 11.8. The first-order chi connectivity index (χ1) is 10.6. The molecule has 0 atom stereocenters. The first kappa shape index (κ1) is 16.3. The molecule has 120 valence electrons. The van der Waals surface area contributed by atoms with Crippen LogP contribution in [0, 0.1) is 0 Å². The Morgan fingerprint density at radius 1 is 1.14 bits per heavy atom. The number of nitrogens with zero attached hydrogens (tertiary/aromatic N) is 1. The second kappa shape index (κ2) is 7.82. The predicted molar refractivity (Wildman–Crippen MR) is 88.0 cm³/mol. The summed E-state index contributed by atoms with van der Waals surface area (Å²) < 4.78 is 0. The molecule has 5 heteroatoms. The molecule has 0 aromatic heterocycles. The van der Waals surface area contributed by atoms with E-state index in [1.165, 1.54) is 5.56 Å².